The molecule has 0 aliphatic rings. The number of nitrogens with zero attached hydrogens (tertiary/aromatic N) is 2. The largest absolute Gasteiger partial charge is 0.245 e. The van der Waals surface area contributed by atoms with Crippen LogP contribution in [-0.4, -0.2) is 4.98 Å². The van der Waals surface area contributed by atoms with E-state index >= 15 is 0 Å². The second kappa shape index (κ2) is 12.1. The summed E-state index contributed by atoms with van der Waals surface area (Å²) < 4.78 is 0. The zero-order valence-electron chi connectivity index (χ0n) is 13.4. The lowest BCUT2D eigenvalue weighted by molar-refractivity contribution is 0.592. The zero-order chi connectivity index (χ0) is 15.2. The Hall–Kier alpha value is -1.62. The van der Waals surface area contributed by atoms with Gasteiger partial charge >= 0.3 is 0 Å². The molecule has 0 aliphatic heterocycles. The molecular weight excluding hydrogens is 256 g/mol. The average molecular weight is 284 g/mol. The van der Waals surface area contributed by atoms with Gasteiger partial charge in [-0.3, -0.25) is 0 Å². The fourth-order valence-corrected chi connectivity index (χ4v) is 2.43. The molecule has 1 rings (SSSR count). The van der Waals surface area contributed by atoms with Crippen LogP contribution < -0.4 is 0 Å². The molecule has 0 saturated carbocycles. The normalized spacial score (nSPS) is 10.9. The van der Waals surface area contributed by atoms with Crippen molar-refractivity contribution in [1.82, 2.24) is 4.98 Å². The second-order valence-electron chi connectivity index (χ2n) is 5.54. The summed E-state index contributed by atoms with van der Waals surface area (Å²) in [5.74, 6) is 0. The lowest BCUT2D eigenvalue weighted by Gasteiger charge is -2.00. The van der Waals surface area contributed by atoms with Crippen LogP contribution in [0.5, 0.6) is 0 Å². The van der Waals surface area contributed by atoms with Crippen molar-refractivity contribution < 1.29 is 0 Å². The smallest absolute Gasteiger partial charge is 0.143 e. The number of rotatable bonds is 11. The van der Waals surface area contributed by atoms with Gasteiger partial charge in [0.15, 0.2) is 0 Å². The number of hydrogen-bond acceptors (Lipinski definition) is 2. The standard InChI is InChI=1S/C19H28N2/c1-2-3-4-5-6-7-8-9-10-11-12-14-18-15-13-16-21-19(18)17-20/h10-11,13,15-16H,2-9,12,14H2,1H3. The highest BCUT2D eigenvalue weighted by Crippen LogP contribution is 2.10. The third-order valence-electron chi connectivity index (χ3n) is 3.72. The van der Waals surface area contributed by atoms with E-state index in [4.69, 9.17) is 5.26 Å². The molecule has 0 aliphatic carbocycles. The summed E-state index contributed by atoms with van der Waals surface area (Å²) in [6.45, 7) is 2.26. The van der Waals surface area contributed by atoms with Crippen molar-refractivity contribution in [3.63, 3.8) is 0 Å². The van der Waals surface area contributed by atoms with Gasteiger partial charge in [-0.05, 0) is 37.3 Å². The van der Waals surface area contributed by atoms with Gasteiger partial charge in [-0.25, -0.2) is 4.98 Å². The molecule has 0 amide bonds. The Morgan fingerprint density at radius 2 is 1.76 bits per heavy atom. The quantitative estimate of drug-likeness (QED) is 0.392. The summed E-state index contributed by atoms with van der Waals surface area (Å²) in [7, 11) is 0. The van der Waals surface area contributed by atoms with Crippen molar-refractivity contribution in [3.05, 3.63) is 41.7 Å². The molecule has 0 atom stereocenters. The van der Waals surface area contributed by atoms with E-state index in [1.807, 2.05) is 12.1 Å². The molecule has 0 aromatic carbocycles. The number of hydrogen-bond donors (Lipinski definition) is 0. The van der Waals surface area contributed by atoms with Crippen LogP contribution >= 0.6 is 0 Å². The minimum absolute atomic E-state index is 0.568. The second-order valence-corrected chi connectivity index (χ2v) is 5.54. The van der Waals surface area contributed by atoms with Gasteiger partial charge in [-0.2, -0.15) is 5.26 Å². The number of aryl methyl sites for hydroxylation is 1. The SMILES string of the molecule is CCCCCCCCCC=CCCc1cccnc1C#N. The van der Waals surface area contributed by atoms with Gasteiger partial charge in [0.25, 0.3) is 0 Å². The number of unbranched alkanes of at least 4 members (excludes halogenated alkanes) is 7. The summed E-state index contributed by atoms with van der Waals surface area (Å²) in [5.41, 5.74) is 1.62. The van der Waals surface area contributed by atoms with E-state index in [2.05, 4.69) is 30.1 Å². The Bertz CT molecular complexity index is 443. The van der Waals surface area contributed by atoms with E-state index < -0.39 is 0 Å². The van der Waals surface area contributed by atoms with Crippen LogP contribution in [0.3, 0.4) is 0 Å². The maximum absolute atomic E-state index is 8.97. The topological polar surface area (TPSA) is 36.7 Å². The predicted molar refractivity (Wildman–Crippen MR) is 89.0 cm³/mol. The Labute approximate surface area is 129 Å². The van der Waals surface area contributed by atoms with Gasteiger partial charge in [0.05, 0.1) is 0 Å². The van der Waals surface area contributed by atoms with Crippen LogP contribution in [0.2, 0.25) is 0 Å². The van der Waals surface area contributed by atoms with Crippen LogP contribution in [-0.2, 0) is 6.42 Å². The van der Waals surface area contributed by atoms with Crippen LogP contribution in [0.4, 0.5) is 0 Å². The molecule has 0 spiro atoms. The van der Waals surface area contributed by atoms with Gasteiger partial charge in [0, 0.05) is 6.20 Å². The number of allylic oxidation sites excluding steroid dienone is 2. The Balaban J connectivity index is 2.04. The van der Waals surface area contributed by atoms with Crippen molar-refractivity contribution in [2.75, 3.05) is 0 Å². The predicted octanol–water partition coefficient (Wildman–Crippen LogP) is 5.58. The number of pyridine rings is 1. The van der Waals surface area contributed by atoms with Gasteiger partial charge in [0.1, 0.15) is 11.8 Å². The molecule has 2 heteroatoms. The molecule has 1 aromatic rings. The molecule has 0 fully saturated rings. The summed E-state index contributed by atoms with van der Waals surface area (Å²) >= 11 is 0. The molecule has 0 radical (unpaired) electrons. The Morgan fingerprint density at radius 1 is 1.05 bits per heavy atom. The molecule has 2 nitrogen and oxygen atoms in total. The van der Waals surface area contributed by atoms with Crippen LogP contribution in [0.15, 0.2) is 30.5 Å². The van der Waals surface area contributed by atoms with Gasteiger partial charge < -0.3 is 0 Å². The van der Waals surface area contributed by atoms with Gasteiger partial charge in [-0.1, -0.05) is 63.7 Å². The first-order valence-electron chi connectivity index (χ1n) is 8.37. The highest BCUT2D eigenvalue weighted by Gasteiger charge is 1.99. The van der Waals surface area contributed by atoms with Crippen molar-refractivity contribution >= 4 is 0 Å². The Morgan fingerprint density at radius 3 is 2.52 bits per heavy atom. The monoisotopic (exact) mass is 284 g/mol. The maximum atomic E-state index is 8.97. The van der Waals surface area contributed by atoms with Crippen molar-refractivity contribution in [3.8, 4) is 6.07 Å². The Kier molecular flexibility index (Phi) is 10.1. The molecule has 0 saturated heterocycles. The summed E-state index contributed by atoms with van der Waals surface area (Å²) in [4.78, 5) is 4.08. The lowest BCUT2D eigenvalue weighted by Crippen LogP contribution is -1.92. The molecule has 0 N–H and O–H groups in total. The minimum Gasteiger partial charge on any atom is -0.245 e. The molecule has 0 unspecified atom stereocenters. The van der Waals surface area contributed by atoms with E-state index in [9.17, 15) is 0 Å². The van der Waals surface area contributed by atoms with E-state index in [0.29, 0.717) is 5.69 Å². The van der Waals surface area contributed by atoms with E-state index in [1.165, 1.54) is 51.4 Å². The molecule has 1 heterocycles. The first-order valence-corrected chi connectivity index (χ1v) is 8.37. The van der Waals surface area contributed by atoms with E-state index in [0.717, 1.165) is 18.4 Å². The number of aromatic nitrogens is 1. The maximum Gasteiger partial charge on any atom is 0.143 e. The van der Waals surface area contributed by atoms with Crippen molar-refractivity contribution in [2.45, 2.75) is 71.1 Å². The van der Waals surface area contributed by atoms with Crippen molar-refractivity contribution in [2.24, 2.45) is 0 Å². The zero-order valence-corrected chi connectivity index (χ0v) is 13.4. The fraction of sp³-hybridized carbons (Fsp3) is 0.579. The van der Waals surface area contributed by atoms with E-state index in [1.54, 1.807) is 6.20 Å². The average Bonchev–Trinajstić information content (AvgIpc) is 2.53. The molecule has 0 bridgehead atoms. The summed E-state index contributed by atoms with van der Waals surface area (Å²) in [6, 6.07) is 6.05. The van der Waals surface area contributed by atoms with Gasteiger partial charge in [0.2, 0.25) is 0 Å². The van der Waals surface area contributed by atoms with Gasteiger partial charge in [-0.15, -0.1) is 0 Å². The highest BCUT2D eigenvalue weighted by molar-refractivity contribution is 5.30. The third-order valence-corrected chi connectivity index (χ3v) is 3.72. The molecule has 21 heavy (non-hydrogen) atoms. The van der Waals surface area contributed by atoms with Crippen LogP contribution in [0.1, 0.15) is 76.0 Å². The lowest BCUT2D eigenvalue weighted by atomic mass is 10.1. The minimum atomic E-state index is 0.568. The summed E-state index contributed by atoms with van der Waals surface area (Å²) in [5, 5.41) is 8.97. The molecule has 114 valence electrons. The third kappa shape index (κ3) is 8.30. The fourth-order valence-electron chi connectivity index (χ4n) is 2.43. The first kappa shape index (κ1) is 17.4. The highest BCUT2D eigenvalue weighted by atomic mass is 14.7. The van der Waals surface area contributed by atoms with Crippen LogP contribution in [0, 0.1) is 11.3 Å². The molecular formula is C19H28N2. The molecule has 1 aromatic heterocycles. The van der Waals surface area contributed by atoms with E-state index in [-0.39, 0.29) is 0 Å². The van der Waals surface area contributed by atoms with Crippen LogP contribution in [0.25, 0.3) is 0 Å². The number of nitriles is 1. The summed E-state index contributed by atoms with van der Waals surface area (Å²) in [6.07, 6.45) is 18.9. The first-order chi connectivity index (χ1) is 10.4. The van der Waals surface area contributed by atoms with Crippen molar-refractivity contribution in [1.29, 1.82) is 5.26 Å².